The number of nitrogens with zero attached hydrogens (tertiary/aromatic N) is 1. The van der Waals surface area contributed by atoms with Crippen molar-refractivity contribution in [2.24, 2.45) is 4.99 Å². The molecule has 0 aliphatic heterocycles. The van der Waals surface area contributed by atoms with Crippen molar-refractivity contribution in [1.82, 2.24) is 10.6 Å². The van der Waals surface area contributed by atoms with Crippen molar-refractivity contribution in [1.29, 1.82) is 0 Å². The second-order valence-electron chi connectivity index (χ2n) is 5.78. The first-order valence-corrected chi connectivity index (χ1v) is 7.21. The number of hydrogen-bond acceptors (Lipinski definition) is 3. The maximum atomic E-state index is 13.5. The van der Waals surface area contributed by atoms with E-state index in [9.17, 15) is 9.18 Å². The minimum atomic E-state index is -0.513. The van der Waals surface area contributed by atoms with Crippen LogP contribution < -0.4 is 10.6 Å². The molecule has 0 aliphatic carbocycles. The highest BCUT2D eigenvalue weighted by atomic mass is 19.1. The van der Waals surface area contributed by atoms with Crippen LogP contribution in [-0.2, 0) is 16.0 Å². The molecule has 2 N–H and O–H groups in total. The SMILES string of the molecule is CN=C(NCCc1ccccc1F)NCC(=O)OC(C)(C)C. The predicted molar refractivity (Wildman–Crippen MR) is 85.3 cm³/mol. The zero-order chi connectivity index (χ0) is 16.6. The normalized spacial score (nSPS) is 12.0. The molecule has 0 heterocycles. The lowest BCUT2D eigenvalue weighted by molar-refractivity contribution is -0.153. The Kier molecular flexibility index (Phi) is 6.82. The maximum Gasteiger partial charge on any atom is 0.325 e. The largest absolute Gasteiger partial charge is 0.459 e. The summed E-state index contributed by atoms with van der Waals surface area (Å²) in [6.45, 7) is 5.97. The second-order valence-corrected chi connectivity index (χ2v) is 5.78. The van der Waals surface area contributed by atoms with Crippen molar-refractivity contribution in [2.45, 2.75) is 32.8 Å². The van der Waals surface area contributed by atoms with Crippen LogP contribution in [0, 0.1) is 5.82 Å². The lowest BCUT2D eigenvalue weighted by Gasteiger charge is -2.20. The number of halogens is 1. The minimum Gasteiger partial charge on any atom is -0.459 e. The number of guanidine groups is 1. The molecule has 0 atom stereocenters. The fourth-order valence-corrected chi connectivity index (χ4v) is 1.77. The van der Waals surface area contributed by atoms with E-state index in [1.165, 1.54) is 6.07 Å². The van der Waals surface area contributed by atoms with E-state index in [-0.39, 0.29) is 18.3 Å². The van der Waals surface area contributed by atoms with Crippen LogP contribution >= 0.6 is 0 Å². The van der Waals surface area contributed by atoms with Crippen molar-refractivity contribution >= 4 is 11.9 Å². The monoisotopic (exact) mass is 309 g/mol. The van der Waals surface area contributed by atoms with Crippen LogP contribution in [-0.4, -0.2) is 37.7 Å². The highest BCUT2D eigenvalue weighted by Crippen LogP contribution is 2.07. The Hall–Kier alpha value is -2.11. The van der Waals surface area contributed by atoms with E-state index in [0.29, 0.717) is 24.5 Å². The average molecular weight is 309 g/mol. The summed E-state index contributed by atoms with van der Waals surface area (Å²) in [5, 5.41) is 5.89. The molecule has 0 saturated heterocycles. The summed E-state index contributed by atoms with van der Waals surface area (Å²) in [4.78, 5) is 15.6. The molecule has 5 nitrogen and oxygen atoms in total. The molecule has 0 fully saturated rings. The zero-order valence-electron chi connectivity index (χ0n) is 13.6. The molecular weight excluding hydrogens is 285 g/mol. The van der Waals surface area contributed by atoms with Crippen LogP contribution in [0.4, 0.5) is 4.39 Å². The first-order chi connectivity index (χ1) is 10.3. The molecule has 0 unspecified atom stereocenters. The topological polar surface area (TPSA) is 62.7 Å². The number of hydrogen-bond donors (Lipinski definition) is 2. The molecule has 1 aromatic rings. The van der Waals surface area contributed by atoms with Crippen LogP contribution in [0.2, 0.25) is 0 Å². The summed E-state index contributed by atoms with van der Waals surface area (Å²) >= 11 is 0. The Bertz CT molecular complexity index is 524. The standard InChI is InChI=1S/C16H24FN3O2/c1-16(2,3)22-14(21)11-20-15(18-4)19-10-9-12-7-5-6-8-13(12)17/h5-8H,9-11H2,1-4H3,(H2,18,19,20). The molecule has 0 radical (unpaired) electrons. The van der Waals surface area contributed by atoms with E-state index >= 15 is 0 Å². The zero-order valence-corrected chi connectivity index (χ0v) is 13.6. The number of ether oxygens (including phenoxy) is 1. The number of nitrogens with one attached hydrogen (secondary N) is 2. The van der Waals surface area contributed by atoms with Gasteiger partial charge in [0.2, 0.25) is 0 Å². The Morgan fingerprint density at radius 2 is 1.95 bits per heavy atom. The van der Waals surface area contributed by atoms with Gasteiger partial charge in [0.05, 0.1) is 0 Å². The number of carbonyl (C=O) groups excluding carboxylic acids is 1. The first kappa shape index (κ1) is 17.9. The number of esters is 1. The van der Waals surface area contributed by atoms with Gasteiger partial charge in [-0.1, -0.05) is 18.2 Å². The van der Waals surface area contributed by atoms with Gasteiger partial charge in [0.1, 0.15) is 18.0 Å². The number of carbonyl (C=O) groups is 1. The third kappa shape index (κ3) is 7.06. The first-order valence-electron chi connectivity index (χ1n) is 7.21. The van der Waals surface area contributed by atoms with E-state index in [1.54, 1.807) is 25.2 Å². The van der Waals surface area contributed by atoms with E-state index < -0.39 is 5.60 Å². The summed E-state index contributed by atoms with van der Waals surface area (Å²) in [6.07, 6.45) is 0.528. The van der Waals surface area contributed by atoms with Gasteiger partial charge >= 0.3 is 5.97 Å². The molecule has 1 rings (SSSR count). The fraction of sp³-hybridized carbons (Fsp3) is 0.500. The molecule has 6 heteroatoms. The predicted octanol–water partition coefficient (Wildman–Crippen LogP) is 1.87. The Morgan fingerprint density at radius 1 is 1.27 bits per heavy atom. The third-order valence-electron chi connectivity index (χ3n) is 2.69. The molecule has 122 valence electrons. The highest BCUT2D eigenvalue weighted by molar-refractivity contribution is 5.84. The van der Waals surface area contributed by atoms with Crippen molar-refractivity contribution in [3.05, 3.63) is 35.6 Å². The lowest BCUT2D eigenvalue weighted by Crippen LogP contribution is -2.42. The lowest BCUT2D eigenvalue weighted by atomic mass is 10.1. The number of rotatable bonds is 5. The fourth-order valence-electron chi connectivity index (χ4n) is 1.77. The summed E-state index contributed by atoms with van der Waals surface area (Å²) in [5.41, 5.74) is 0.123. The van der Waals surface area contributed by atoms with Crippen molar-refractivity contribution in [3.8, 4) is 0 Å². The quantitative estimate of drug-likeness (QED) is 0.495. The molecule has 0 aromatic heterocycles. The smallest absolute Gasteiger partial charge is 0.325 e. The Morgan fingerprint density at radius 3 is 2.55 bits per heavy atom. The van der Waals surface area contributed by atoms with Crippen LogP contribution in [0.25, 0.3) is 0 Å². The second kappa shape index (κ2) is 8.36. The van der Waals surface area contributed by atoms with Gasteiger partial charge in [-0.25, -0.2) is 4.39 Å². The van der Waals surface area contributed by atoms with Gasteiger partial charge < -0.3 is 15.4 Å². The molecule has 22 heavy (non-hydrogen) atoms. The van der Waals surface area contributed by atoms with Crippen molar-refractivity contribution < 1.29 is 13.9 Å². The van der Waals surface area contributed by atoms with Gasteiger partial charge in [-0.2, -0.15) is 0 Å². The van der Waals surface area contributed by atoms with Crippen molar-refractivity contribution in [2.75, 3.05) is 20.1 Å². The number of benzene rings is 1. The van der Waals surface area contributed by atoms with Crippen molar-refractivity contribution in [3.63, 3.8) is 0 Å². The van der Waals surface area contributed by atoms with Crippen LogP contribution in [0.3, 0.4) is 0 Å². The van der Waals surface area contributed by atoms with Gasteiger partial charge in [0, 0.05) is 13.6 Å². The van der Waals surface area contributed by atoms with Gasteiger partial charge in [0.15, 0.2) is 5.96 Å². The maximum absolute atomic E-state index is 13.5. The molecule has 0 aliphatic rings. The van der Waals surface area contributed by atoms with Gasteiger partial charge in [0.25, 0.3) is 0 Å². The molecule has 0 spiro atoms. The highest BCUT2D eigenvalue weighted by Gasteiger charge is 2.16. The van der Waals surface area contributed by atoms with Crippen LogP contribution in [0.1, 0.15) is 26.3 Å². The van der Waals surface area contributed by atoms with E-state index in [2.05, 4.69) is 15.6 Å². The van der Waals surface area contributed by atoms with Crippen LogP contribution in [0.15, 0.2) is 29.3 Å². The molecular formula is C16H24FN3O2. The molecule has 1 aromatic carbocycles. The molecule has 0 bridgehead atoms. The Labute approximate surface area is 131 Å². The summed E-state index contributed by atoms with van der Waals surface area (Å²) < 4.78 is 18.7. The van der Waals surface area contributed by atoms with E-state index in [0.717, 1.165) is 0 Å². The summed E-state index contributed by atoms with van der Waals surface area (Å²) in [5.74, 6) is -0.104. The minimum absolute atomic E-state index is 0.0244. The van der Waals surface area contributed by atoms with Gasteiger partial charge in [-0.15, -0.1) is 0 Å². The van der Waals surface area contributed by atoms with Gasteiger partial charge in [-0.3, -0.25) is 9.79 Å². The Balaban J connectivity index is 2.34. The van der Waals surface area contributed by atoms with Gasteiger partial charge in [-0.05, 0) is 38.8 Å². The molecule has 0 amide bonds. The summed E-state index contributed by atoms with van der Waals surface area (Å²) in [6, 6.07) is 6.64. The number of aliphatic imine (C=N–C) groups is 1. The molecule has 0 saturated carbocycles. The van der Waals surface area contributed by atoms with E-state index in [1.807, 2.05) is 20.8 Å². The van der Waals surface area contributed by atoms with Crippen LogP contribution in [0.5, 0.6) is 0 Å². The third-order valence-corrected chi connectivity index (χ3v) is 2.69. The summed E-state index contributed by atoms with van der Waals surface area (Å²) in [7, 11) is 1.60. The average Bonchev–Trinajstić information content (AvgIpc) is 2.42. The van der Waals surface area contributed by atoms with E-state index in [4.69, 9.17) is 4.74 Å².